The van der Waals surface area contributed by atoms with Crippen LogP contribution in [-0.2, 0) is 13.0 Å². The summed E-state index contributed by atoms with van der Waals surface area (Å²) in [7, 11) is 0. The van der Waals surface area contributed by atoms with Gasteiger partial charge in [0.15, 0.2) is 0 Å². The van der Waals surface area contributed by atoms with Crippen molar-refractivity contribution in [1.29, 1.82) is 0 Å². The Hall–Kier alpha value is -1.42. The van der Waals surface area contributed by atoms with E-state index in [2.05, 4.69) is 0 Å². The summed E-state index contributed by atoms with van der Waals surface area (Å²) in [5, 5.41) is 10.2. The summed E-state index contributed by atoms with van der Waals surface area (Å²) in [6.45, 7) is 1.82. The van der Waals surface area contributed by atoms with Crippen LogP contribution in [0, 0.1) is 10.1 Å². The minimum atomic E-state index is -0.333. The molecule has 1 aromatic rings. The average molecular weight is 194 g/mol. The first kappa shape index (κ1) is 10.7. The molecule has 0 saturated heterocycles. The van der Waals surface area contributed by atoms with E-state index >= 15 is 0 Å². The Bertz CT molecular complexity index is 306. The molecule has 76 valence electrons. The van der Waals surface area contributed by atoms with Crippen LogP contribution >= 0.6 is 0 Å². The predicted octanol–water partition coefficient (Wildman–Crippen LogP) is 1.35. The minimum absolute atomic E-state index is 0.113. The van der Waals surface area contributed by atoms with Gasteiger partial charge < -0.3 is 5.73 Å². The smallest absolute Gasteiger partial charge is 0.228 e. The number of nitrogens with zero attached hydrogens (tertiary/aromatic N) is 1. The molecule has 0 radical (unpaired) electrons. The monoisotopic (exact) mass is 194 g/mol. The zero-order valence-corrected chi connectivity index (χ0v) is 8.14. The maximum Gasteiger partial charge on any atom is 0.228 e. The lowest BCUT2D eigenvalue weighted by molar-refractivity contribution is -0.496. The Labute approximate surface area is 82.9 Å². The second-order valence-electron chi connectivity index (χ2n) is 3.49. The molecular formula is C10H14N2O2. The number of hydrogen-bond donors (Lipinski definition) is 1. The Balaban J connectivity index is 2.63. The summed E-state index contributed by atoms with van der Waals surface area (Å²) in [5.41, 5.74) is 7.48. The molecule has 0 fully saturated rings. The van der Waals surface area contributed by atoms with Crippen LogP contribution in [0.25, 0.3) is 0 Å². The van der Waals surface area contributed by atoms with E-state index in [1.54, 1.807) is 12.1 Å². The second kappa shape index (κ2) is 4.72. The summed E-state index contributed by atoms with van der Waals surface area (Å²) < 4.78 is 0. The first-order valence-electron chi connectivity index (χ1n) is 4.53. The van der Waals surface area contributed by atoms with Crippen molar-refractivity contribution in [3.05, 3.63) is 45.5 Å². The van der Waals surface area contributed by atoms with E-state index in [-0.39, 0.29) is 17.5 Å². The number of rotatable bonds is 4. The van der Waals surface area contributed by atoms with E-state index < -0.39 is 0 Å². The van der Waals surface area contributed by atoms with E-state index in [0.717, 1.165) is 17.5 Å². The molecule has 2 N–H and O–H groups in total. The molecule has 1 unspecified atom stereocenters. The summed E-state index contributed by atoms with van der Waals surface area (Å²) in [6.07, 6.45) is 0.804. The predicted molar refractivity (Wildman–Crippen MR) is 54.5 cm³/mol. The van der Waals surface area contributed by atoms with Gasteiger partial charge in [-0.2, -0.15) is 0 Å². The van der Waals surface area contributed by atoms with Gasteiger partial charge in [-0.15, -0.1) is 0 Å². The van der Waals surface area contributed by atoms with Gasteiger partial charge in [0.1, 0.15) is 0 Å². The maximum absolute atomic E-state index is 10.2. The first-order valence-corrected chi connectivity index (χ1v) is 4.53. The Kier molecular flexibility index (Phi) is 3.59. The number of nitrogens with two attached hydrogens (primary N) is 1. The highest BCUT2D eigenvalue weighted by Gasteiger charge is 2.02. The molecule has 4 heteroatoms. The van der Waals surface area contributed by atoms with Crippen LogP contribution in [0.1, 0.15) is 18.1 Å². The van der Waals surface area contributed by atoms with Crippen molar-refractivity contribution in [3.8, 4) is 0 Å². The van der Waals surface area contributed by atoms with E-state index in [9.17, 15) is 10.1 Å². The van der Waals surface area contributed by atoms with Crippen molar-refractivity contribution in [1.82, 2.24) is 0 Å². The molecule has 0 aromatic heterocycles. The molecule has 0 saturated carbocycles. The van der Waals surface area contributed by atoms with Crippen LogP contribution in [0.5, 0.6) is 0 Å². The van der Waals surface area contributed by atoms with E-state index in [4.69, 9.17) is 5.73 Å². The summed E-state index contributed by atoms with van der Waals surface area (Å²) in [5.74, 6) is 0. The van der Waals surface area contributed by atoms with E-state index in [1.807, 2.05) is 19.1 Å². The minimum Gasteiger partial charge on any atom is -0.328 e. The lowest BCUT2D eigenvalue weighted by Gasteiger charge is -2.04. The molecule has 4 nitrogen and oxygen atoms in total. The first-order chi connectivity index (χ1) is 6.58. The van der Waals surface area contributed by atoms with Gasteiger partial charge in [0.2, 0.25) is 6.54 Å². The van der Waals surface area contributed by atoms with Crippen molar-refractivity contribution in [2.24, 2.45) is 5.73 Å². The number of hydrogen-bond acceptors (Lipinski definition) is 3. The van der Waals surface area contributed by atoms with Crippen LogP contribution in [0.3, 0.4) is 0 Å². The maximum atomic E-state index is 10.2. The zero-order chi connectivity index (χ0) is 10.6. The third-order valence-corrected chi connectivity index (χ3v) is 1.89. The molecule has 0 amide bonds. The summed E-state index contributed by atoms with van der Waals surface area (Å²) >= 11 is 0. The van der Waals surface area contributed by atoms with Gasteiger partial charge >= 0.3 is 0 Å². The van der Waals surface area contributed by atoms with Gasteiger partial charge in [0.25, 0.3) is 0 Å². The Morgan fingerprint density at radius 2 is 1.86 bits per heavy atom. The lowest BCUT2D eigenvalue weighted by Crippen LogP contribution is -2.17. The number of benzene rings is 1. The molecule has 1 aromatic carbocycles. The second-order valence-corrected chi connectivity index (χ2v) is 3.49. The molecule has 0 spiro atoms. The molecule has 0 heterocycles. The Morgan fingerprint density at radius 3 is 2.29 bits per heavy atom. The highest BCUT2D eigenvalue weighted by molar-refractivity contribution is 5.22. The van der Waals surface area contributed by atoms with Crippen LogP contribution in [0.2, 0.25) is 0 Å². The van der Waals surface area contributed by atoms with Crippen molar-refractivity contribution in [3.63, 3.8) is 0 Å². The Morgan fingerprint density at radius 1 is 1.36 bits per heavy atom. The van der Waals surface area contributed by atoms with Gasteiger partial charge in [-0.05, 0) is 18.9 Å². The third kappa shape index (κ3) is 3.53. The molecule has 0 aliphatic carbocycles. The zero-order valence-electron chi connectivity index (χ0n) is 8.14. The molecule has 1 rings (SSSR count). The van der Waals surface area contributed by atoms with Crippen LogP contribution in [0.4, 0.5) is 0 Å². The van der Waals surface area contributed by atoms with Crippen molar-refractivity contribution in [2.45, 2.75) is 25.9 Å². The molecular weight excluding hydrogens is 180 g/mol. The van der Waals surface area contributed by atoms with Gasteiger partial charge in [-0.1, -0.05) is 24.3 Å². The molecule has 0 bridgehead atoms. The largest absolute Gasteiger partial charge is 0.328 e. The van der Waals surface area contributed by atoms with Crippen LogP contribution in [0.15, 0.2) is 24.3 Å². The highest BCUT2D eigenvalue weighted by atomic mass is 16.6. The SMILES string of the molecule is CC(N)Cc1ccc(C[N+](=O)[O-])cc1. The summed E-state index contributed by atoms with van der Waals surface area (Å²) in [6, 6.07) is 7.46. The number of nitro groups is 1. The molecule has 14 heavy (non-hydrogen) atoms. The van der Waals surface area contributed by atoms with Crippen LogP contribution in [-0.4, -0.2) is 11.0 Å². The molecule has 0 aliphatic heterocycles. The van der Waals surface area contributed by atoms with Gasteiger partial charge in [-0.3, -0.25) is 10.1 Å². The fraction of sp³-hybridized carbons (Fsp3) is 0.400. The van der Waals surface area contributed by atoms with Crippen LogP contribution < -0.4 is 5.73 Å². The molecule has 0 aliphatic rings. The van der Waals surface area contributed by atoms with Crippen molar-refractivity contribution in [2.75, 3.05) is 0 Å². The normalized spacial score (nSPS) is 12.4. The van der Waals surface area contributed by atoms with Crippen molar-refractivity contribution < 1.29 is 4.92 Å². The fourth-order valence-electron chi connectivity index (χ4n) is 1.30. The quantitative estimate of drug-likeness (QED) is 0.581. The average Bonchev–Trinajstić information content (AvgIpc) is 2.06. The standard InChI is InChI=1S/C10H14N2O2/c1-8(11)6-9-2-4-10(5-3-9)7-12(13)14/h2-5,8H,6-7,11H2,1H3. The van der Waals surface area contributed by atoms with E-state index in [1.165, 1.54) is 0 Å². The fourth-order valence-corrected chi connectivity index (χ4v) is 1.30. The summed E-state index contributed by atoms with van der Waals surface area (Å²) in [4.78, 5) is 9.88. The highest BCUT2D eigenvalue weighted by Crippen LogP contribution is 2.07. The van der Waals surface area contributed by atoms with Gasteiger partial charge in [0, 0.05) is 16.5 Å². The third-order valence-electron chi connectivity index (χ3n) is 1.89. The van der Waals surface area contributed by atoms with Gasteiger partial charge in [0.05, 0.1) is 0 Å². The van der Waals surface area contributed by atoms with E-state index in [0.29, 0.717) is 0 Å². The van der Waals surface area contributed by atoms with Crippen molar-refractivity contribution >= 4 is 0 Å². The molecule has 1 atom stereocenters. The topological polar surface area (TPSA) is 69.2 Å². The van der Waals surface area contributed by atoms with Gasteiger partial charge in [-0.25, -0.2) is 0 Å². The lowest BCUT2D eigenvalue weighted by atomic mass is 10.1.